The van der Waals surface area contributed by atoms with Crippen LogP contribution in [0, 0.1) is 5.82 Å². The van der Waals surface area contributed by atoms with E-state index in [1.165, 1.54) is 12.1 Å². The number of rotatable bonds is 6. The highest BCUT2D eigenvalue weighted by molar-refractivity contribution is 8.01. The first-order chi connectivity index (χ1) is 14.7. The van der Waals surface area contributed by atoms with Crippen molar-refractivity contribution in [3.05, 3.63) is 29.0 Å². The van der Waals surface area contributed by atoms with Crippen LogP contribution < -0.4 is 20.7 Å². The van der Waals surface area contributed by atoms with E-state index in [1.54, 1.807) is 11.8 Å². The number of aliphatic hydroxyl groups excluding tert-OH is 1. The van der Waals surface area contributed by atoms with Crippen molar-refractivity contribution in [1.82, 2.24) is 16.0 Å². The van der Waals surface area contributed by atoms with Crippen LogP contribution in [0.15, 0.2) is 18.2 Å². The summed E-state index contributed by atoms with van der Waals surface area (Å²) in [4.78, 5) is 25.2. The van der Waals surface area contributed by atoms with E-state index in [0.29, 0.717) is 38.6 Å². The van der Waals surface area contributed by atoms with Crippen molar-refractivity contribution in [2.45, 2.75) is 66.8 Å². The fourth-order valence-corrected chi connectivity index (χ4v) is 5.98. The number of benzene rings is 1. The van der Waals surface area contributed by atoms with Crippen LogP contribution in [0.4, 0.5) is 4.39 Å². The molecule has 4 fully saturated rings. The van der Waals surface area contributed by atoms with Gasteiger partial charge in [-0.15, -0.1) is 11.8 Å². The lowest BCUT2D eigenvalue weighted by Gasteiger charge is -2.56. The summed E-state index contributed by atoms with van der Waals surface area (Å²) < 4.78 is 18.9. The van der Waals surface area contributed by atoms with Crippen LogP contribution in [0.25, 0.3) is 0 Å². The van der Waals surface area contributed by atoms with Gasteiger partial charge in [0, 0.05) is 18.2 Å². The average Bonchev–Trinajstić information content (AvgIpc) is 3.17. The number of thioether (sulfide) groups is 1. The Labute approximate surface area is 189 Å². The van der Waals surface area contributed by atoms with Crippen LogP contribution in [0.1, 0.15) is 39.0 Å². The number of nitrogens with one attached hydrogen (secondary N) is 3. The number of amides is 2. The van der Waals surface area contributed by atoms with Crippen LogP contribution >= 0.6 is 23.4 Å². The molecule has 10 heteroatoms. The zero-order valence-electron chi connectivity index (χ0n) is 17.2. The summed E-state index contributed by atoms with van der Waals surface area (Å²) in [6.45, 7) is 2.39. The third-order valence-corrected chi connectivity index (χ3v) is 8.20. The summed E-state index contributed by atoms with van der Waals surface area (Å²) in [6, 6.07) is 3.98. The summed E-state index contributed by atoms with van der Waals surface area (Å²) in [5.74, 6) is -0.781. The predicted octanol–water partition coefficient (Wildman–Crippen LogP) is 1.96. The summed E-state index contributed by atoms with van der Waals surface area (Å²) in [5.41, 5.74) is -1.15. The third-order valence-electron chi connectivity index (χ3n) is 6.61. The Balaban J connectivity index is 1.31. The second-order valence-corrected chi connectivity index (χ2v) is 10.7. The van der Waals surface area contributed by atoms with Crippen molar-refractivity contribution in [1.29, 1.82) is 0 Å². The molecule has 170 valence electrons. The van der Waals surface area contributed by atoms with Crippen molar-refractivity contribution >= 4 is 35.2 Å². The molecule has 0 radical (unpaired) electrons. The molecule has 4 N–H and O–H groups in total. The Morgan fingerprint density at radius 3 is 2.68 bits per heavy atom. The Kier molecular flexibility index (Phi) is 6.40. The van der Waals surface area contributed by atoms with Crippen molar-refractivity contribution in [3.63, 3.8) is 0 Å². The van der Waals surface area contributed by atoms with E-state index < -0.39 is 23.0 Å². The zero-order chi connectivity index (χ0) is 22.2. The normalized spacial score (nSPS) is 34.4. The van der Waals surface area contributed by atoms with Gasteiger partial charge in [0.25, 0.3) is 5.91 Å². The second-order valence-electron chi connectivity index (χ2n) is 8.73. The first kappa shape index (κ1) is 22.6. The van der Waals surface area contributed by atoms with Crippen molar-refractivity contribution in [3.8, 4) is 5.75 Å². The van der Waals surface area contributed by atoms with Gasteiger partial charge in [-0.2, -0.15) is 0 Å². The van der Waals surface area contributed by atoms with Gasteiger partial charge in [0.15, 0.2) is 6.61 Å². The SMILES string of the molecule is CC1NCC(C(=O)NC23CCC(NC(=O)COc4ccc(Cl)c(F)c4)(CC2)C(O)C3)S1. The fraction of sp³-hybridized carbons (Fsp3) is 0.619. The van der Waals surface area contributed by atoms with Crippen molar-refractivity contribution < 1.29 is 23.8 Å². The first-order valence-corrected chi connectivity index (χ1v) is 11.8. The molecule has 1 aliphatic heterocycles. The second kappa shape index (κ2) is 8.77. The van der Waals surface area contributed by atoms with Crippen molar-refractivity contribution in [2.24, 2.45) is 0 Å². The van der Waals surface area contributed by atoms with E-state index in [4.69, 9.17) is 16.3 Å². The van der Waals surface area contributed by atoms with E-state index in [-0.39, 0.29) is 39.8 Å². The molecule has 5 rings (SSSR count). The van der Waals surface area contributed by atoms with Crippen LogP contribution in [-0.4, -0.2) is 57.9 Å². The topological polar surface area (TPSA) is 99.7 Å². The molecule has 2 amide bonds. The minimum absolute atomic E-state index is 0.0103. The Hall–Kier alpha value is -1.55. The Morgan fingerprint density at radius 2 is 2.06 bits per heavy atom. The molecule has 3 saturated carbocycles. The minimum atomic E-state index is -0.763. The highest BCUT2D eigenvalue weighted by Gasteiger charge is 2.55. The highest BCUT2D eigenvalue weighted by Crippen LogP contribution is 2.47. The summed E-state index contributed by atoms with van der Waals surface area (Å²) in [5, 5.41) is 20.4. The number of halogens is 2. The van der Waals surface area contributed by atoms with Gasteiger partial charge in [-0.3, -0.25) is 9.59 Å². The van der Waals surface area contributed by atoms with E-state index in [0.717, 1.165) is 6.07 Å². The Bertz CT molecular complexity index is 865. The monoisotopic (exact) mass is 471 g/mol. The Morgan fingerprint density at radius 1 is 1.32 bits per heavy atom. The average molecular weight is 472 g/mol. The zero-order valence-corrected chi connectivity index (χ0v) is 18.8. The number of fused-ring (bicyclic) bond motifs is 3. The number of carbonyl (C=O) groups excluding carboxylic acids is 2. The lowest BCUT2D eigenvalue weighted by atomic mass is 9.60. The number of carbonyl (C=O) groups is 2. The molecule has 3 unspecified atom stereocenters. The summed E-state index contributed by atoms with van der Waals surface area (Å²) in [7, 11) is 0. The number of hydrogen-bond donors (Lipinski definition) is 4. The van der Waals surface area contributed by atoms with Gasteiger partial charge in [-0.25, -0.2) is 4.39 Å². The molecule has 3 atom stereocenters. The van der Waals surface area contributed by atoms with Crippen LogP contribution in [0.3, 0.4) is 0 Å². The molecular weight excluding hydrogens is 445 g/mol. The van der Waals surface area contributed by atoms with Gasteiger partial charge >= 0.3 is 0 Å². The molecule has 31 heavy (non-hydrogen) atoms. The molecule has 7 nitrogen and oxygen atoms in total. The summed E-state index contributed by atoms with van der Waals surface area (Å²) >= 11 is 7.26. The quantitative estimate of drug-likeness (QED) is 0.506. The molecular formula is C21H27ClFN3O4S. The molecule has 3 aliphatic carbocycles. The van der Waals surface area contributed by atoms with Gasteiger partial charge in [-0.05, 0) is 51.2 Å². The van der Waals surface area contributed by atoms with Crippen molar-refractivity contribution in [2.75, 3.05) is 13.2 Å². The lowest BCUT2D eigenvalue weighted by molar-refractivity contribution is -0.136. The first-order valence-electron chi connectivity index (χ1n) is 10.5. The molecule has 0 spiro atoms. The lowest BCUT2D eigenvalue weighted by Crippen LogP contribution is -2.70. The molecule has 1 saturated heterocycles. The number of aliphatic hydroxyl groups is 1. The van der Waals surface area contributed by atoms with Gasteiger partial charge < -0.3 is 25.8 Å². The van der Waals surface area contributed by atoms with Crippen LogP contribution in [0.2, 0.25) is 5.02 Å². The maximum Gasteiger partial charge on any atom is 0.258 e. The number of ether oxygens (including phenoxy) is 1. The number of hydrogen-bond acceptors (Lipinski definition) is 6. The van der Waals surface area contributed by atoms with E-state index in [2.05, 4.69) is 16.0 Å². The highest BCUT2D eigenvalue weighted by atomic mass is 35.5. The molecule has 1 heterocycles. The molecule has 2 bridgehead atoms. The van der Waals surface area contributed by atoms with Gasteiger partial charge in [0.05, 0.1) is 27.3 Å². The smallest absolute Gasteiger partial charge is 0.258 e. The van der Waals surface area contributed by atoms with Crippen LogP contribution in [0.5, 0.6) is 5.75 Å². The largest absolute Gasteiger partial charge is 0.484 e. The van der Waals surface area contributed by atoms with Crippen LogP contribution in [-0.2, 0) is 9.59 Å². The van der Waals surface area contributed by atoms with Gasteiger partial charge in [0.1, 0.15) is 11.6 Å². The van der Waals surface area contributed by atoms with Gasteiger partial charge in [-0.1, -0.05) is 11.6 Å². The maximum absolute atomic E-state index is 13.5. The van der Waals surface area contributed by atoms with E-state index in [1.807, 2.05) is 6.92 Å². The van der Waals surface area contributed by atoms with Gasteiger partial charge in [0.2, 0.25) is 5.91 Å². The molecule has 4 aliphatic rings. The summed E-state index contributed by atoms with van der Waals surface area (Å²) in [6.07, 6.45) is 2.17. The maximum atomic E-state index is 13.5. The fourth-order valence-electron chi connectivity index (χ4n) is 4.80. The van der Waals surface area contributed by atoms with E-state index in [9.17, 15) is 19.1 Å². The molecule has 1 aromatic carbocycles. The third kappa shape index (κ3) is 4.79. The molecule has 0 aromatic heterocycles. The predicted molar refractivity (Wildman–Crippen MR) is 117 cm³/mol. The minimum Gasteiger partial charge on any atom is -0.484 e. The van der Waals surface area contributed by atoms with E-state index >= 15 is 0 Å². The standard InChI is InChI=1S/C21H27ClFN3O4S/c1-12-24-10-16(31-12)19(29)26-20-4-6-21(7-5-20,17(27)9-20)25-18(28)11-30-13-2-3-14(22)15(23)8-13/h2-3,8,12,16-17,24,27H,4-7,9-11H2,1H3,(H,25,28)(H,26,29). The molecule has 1 aromatic rings.